The van der Waals surface area contributed by atoms with Gasteiger partial charge in [0.25, 0.3) is 0 Å². The van der Waals surface area contributed by atoms with Gasteiger partial charge in [0, 0.05) is 0 Å². The summed E-state index contributed by atoms with van der Waals surface area (Å²) < 4.78 is 15.8. The van der Waals surface area contributed by atoms with Gasteiger partial charge in [-0.25, -0.2) is 0 Å². The molecule has 1 aliphatic rings. The lowest BCUT2D eigenvalue weighted by molar-refractivity contribution is 0.134. The highest BCUT2D eigenvalue weighted by Crippen LogP contribution is 2.34. The Morgan fingerprint density at radius 3 is 2.78 bits per heavy atom. The van der Waals surface area contributed by atoms with Crippen molar-refractivity contribution >= 4 is 0 Å². The van der Waals surface area contributed by atoms with Crippen LogP contribution in [0.15, 0.2) is 16.7 Å². The van der Waals surface area contributed by atoms with Crippen LogP contribution in [0.4, 0.5) is 0 Å². The van der Waals surface area contributed by atoms with E-state index in [9.17, 15) is 0 Å². The second-order valence-electron chi connectivity index (χ2n) is 4.03. The molecule has 0 spiro atoms. The Morgan fingerprint density at radius 2 is 2.11 bits per heavy atom. The van der Waals surface area contributed by atoms with Crippen LogP contribution in [-0.4, -0.2) is 17.3 Å². The first-order chi connectivity index (χ1) is 8.81. The number of ether oxygens (including phenoxy) is 2. The van der Waals surface area contributed by atoms with Crippen LogP contribution in [0.5, 0.6) is 5.75 Å². The molecule has 0 radical (unpaired) electrons. The number of methoxy groups -OCH3 is 1. The molecule has 0 atom stereocenters. The van der Waals surface area contributed by atoms with E-state index in [0.29, 0.717) is 30.7 Å². The number of nitrogens with zero attached hydrogens (tertiary/aromatic N) is 2. The highest BCUT2D eigenvalue weighted by atomic mass is 16.5. The van der Waals surface area contributed by atoms with E-state index in [1.807, 2.05) is 12.1 Å². The second-order valence-corrected chi connectivity index (χ2v) is 4.03. The van der Waals surface area contributed by atoms with Gasteiger partial charge in [-0.15, -0.1) is 0 Å². The highest BCUT2D eigenvalue weighted by molar-refractivity contribution is 5.66. The van der Waals surface area contributed by atoms with Gasteiger partial charge in [0.1, 0.15) is 5.75 Å². The molecule has 0 saturated carbocycles. The molecule has 6 heteroatoms. The lowest BCUT2D eigenvalue weighted by Crippen LogP contribution is -1.96. The maximum absolute atomic E-state index is 5.45. The molecule has 2 N–H and O–H groups in total. The van der Waals surface area contributed by atoms with Crippen LogP contribution < -0.4 is 10.5 Å². The van der Waals surface area contributed by atoms with Crippen molar-refractivity contribution in [2.24, 2.45) is 5.73 Å². The molecule has 0 fully saturated rings. The fraction of sp³-hybridized carbons (Fsp3) is 0.333. The smallest absolute Gasteiger partial charge is 0.240 e. The lowest BCUT2D eigenvalue weighted by atomic mass is 10.0. The molecule has 0 aliphatic carbocycles. The van der Waals surface area contributed by atoms with Crippen molar-refractivity contribution in [1.82, 2.24) is 10.1 Å². The van der Waals surface area contributed by atoms with Crippen molar-refractivity contribution < 1.29 is 14.0 Å². The van der Waals surface area contributed by atoms with Gasteiger partial charge in [0.15, 0.2) is 0 Å². The molecule has 2 aromatic rings. The maximum Gasteiger partial charge on any atom is 0.240 e. The summed E-state index contributed by atoms with van der Waals surface area (Å²) in [6.45, 7) is 1.45. The van der Waals surface area contributed by atoms with Gasteiger partial charge in [-0.05, 0) is 23.3 Å². The molecule has 1 aromatic heterocycles. The van der Waals surface area contributed by atoms with E-state index in [-0.39, 0.29) is 6.54 Å². The fourth-order valence-electron chi connectivity index (χ4n) is 2.00. The van der Waals surface area contributed by atoms with Gasteiger partial charge in [-0.3, -0.25) is 0 Å². The van der Waals surface area contributed by atoms with Gasteiger partial charge in [0.05, 0.1) is 32.4 Å². The molecule has 0 bridgehead atoms. The predicted molar refractivity (Wildman–Crippen MR) is 62.7 cm³/mol. The van der Waals surface area contributed by atoms with Gasteiger partial charge >= 0.3 is 0 Å². The predicted octanol–water partition coefficient (Wildman–Crippen LogP) is 1.23. The van der Waals surface area contributed by atoms with Crippen LogP contribution >= 0.6 is 0 Å². The molecule has 6 nitrogen and oxygen atoms in total. The van der Waals surface area contributed by atoms with Crippen molar-refractivity contribution in [2.75, 3.05) is 7.11 Å². The molecule has 94 valence electrons. The summed E-state index contributed by atoms with van der Waals surface area (Å²) in [5, 5.41) is 3.90. The standard InChI is InChI=1S/C12H13N3O3/c1-16-10-3-8-6-17-5-7(8)2-9(10)12-14-11(4-13)18-15-12/h2-3H,4-6,13H2,1H3. The first kappa shape index (κ1) is 11.2. The van der Waals surface area contributed by atoms with E-state index in [4.69, 9.17) is 19.7 Å². The van der Waals surface area contributed by atoms with Crippen molar-refractivity contribution in [3.63, 3.8) is 0 Å². The quantitative estimate of drug-likeness (QED) is 0.878. The highest BCUT2D eigenvalue weighted by Gasteiger charge is 2.19. The Bertz CT molecular complexity index is 580. The molecular weight excluding hydrogens is 234 g/mol. The summed E-state index contributed by atoms with van der Waals surface area (Å²) in [6, 6.07) is 3.93. The zero-order valence-electron chi connectivity index (χ0n) is 9.97. The summed E-state index contributed by atoms with van der Waals surface area (Å²) >= 11 is 0. The van der Waals surface area contributed by atoms with E-state index in [0.717, 1.165) is 16.7 Å². The van der Waals surface area contributed by atoms with Gasteiger partial charge in [-0.1, -0.05) is 5.16 Å². The number of nitrogens with two attached hydrogens (primary N) is 1. The Labute approximate surface area is 104 Å². The Morgan fingerprint density at radius 1 is 1.33 bits per heavy atom. The molecule has 3 rings (SSSR count). The number of benzene rings is 1. The summed E-state index contributed by atoms with van der Waals surface area (Å²) in [6.07, 6.45) is 0. The lowest BCUT2D eigenvalue weighted by Gasteiger charge is -2.07. The van der Waals surface area contributed by atoms with Crippen molar-refractivity contribution in [3.8, 4) is 17.1 Å². The number of hydrogen-bond donors (Lipinski definition) is 1. The van der Waals surface area contributed by atoms with Crippen LogP contribution in [0.25, 0.3) is 11.4 Å². The van der Waals surface area contributed by atoms with Crippen LogP contribution in [0.1, 0.15) is 17.0 Å². The monoisotopic (exact) mass is 247 g/mol. The van der Waals surface area contributed by atoms with Crippen molar-refractivity contribution in [2.45, 2.75) is 19.8 Å². The second kappa shape index (κ2) is 4.40. The van der Waals surface area contributed by atoms with E-state index in [1.54, 1.807) is 7.11 Å². The molecule has 2 heterocycles. The third-order valence-electron chi connectivity index (χ3n) is 2.92. The normalized spacial score (nSPS) is 13.7. The van der Waals surface area contributed by atoms with E-state index in [1.165, 1.54) is 0 Å². The van der Waals surface area contributed by atoms with E-state index < -0.39 is 0 Å². The SMILES string of the molecule is COc1cc2c(cc1-c1noc(CN)n1)COC2. The average molecular weight is 247 g/mol. The maximum atomic E-state index is 5.45. The molecular formula is C12H13N3O3. The third kappa shape index (κ3) is 1.75. The molecule has 0 unspecified atom stereocenters. The van der Waals surface area contributed by atoms with Crippen LogP contribution in [0.2, 0.25) is 0 Å². The number of aromatic nitrogens is 2. The van der Waals surface area contributed by atoms with Gasteiger partial charge < -0.3 is 19.7 Å². The summed E-state index contributed by atoms with van der Waals surface area (Å²) in [5.74, 6) is 1.61. The van der Waals surface area contributed by atoms with E-state index >= 15 is 0 Å². The molecule has 1 aliphatic heterocycles. The van der Waals surface area contributed by atoms with Crippen molar-refractivity contribution in [1.29, 1.82) is 0 Å². The largest absolute Gasteiger partial charge is 0.496 e. The van der Waals surface area contributed by atoms with Gasteiger partial charge in [-0.2, -0.15) is 4.98 Å². The van der Waals surface area contributed by atoms with E-state index in [2.05, 4.69) is 10.1 Å². The number of fused-ring (bicyclic) bond motifs is 1. The minimum absolute atomic E-state index is 0.226. The first-order valence-electron chi connectivity index (χ1n) is 5.62. The average Bonchev–Trinajstić information content (AvgIpc) is 3.05. The zero-order valence-corrected chi connectivity index (χ0v) is 9.97. The Hall–Kier alpha value is -1.92. The number of rotatable bonds is 3. The minimum atomic E-state index is 0.226. The third-order valence-corrected chi connectivity index (χ3v) is 2.92. The Balaban J connectivity index is 2.10. The fourth-order valence-corrected chi connectivity index (χ4v) is 2.00. The van der Waals surface area contributed by atoms with Crippen LogP contribution in [-0.2, 0) is 24.5 Å². The zero-order chi connectivity index (χ0) is 12.5. The summed E-state index contributed by atoms with van der Waals surface area (Å²) in [7, 11) is 1.62. The van der Waals surface area contributed by atoms with Crippen molar-refractivity contribution in [3.05, 3.63) is 29.2 Å². The summed E-state index contributed by atoms with van der Waals surface area (Å²) in [4.78, 5) is 4.21. The molecule has 0 amide bonds. The number of hydrogen-bond acceptors (Lipinski definition) is 6. The molecule has 1 aromatic carbocycles. The van der Waals surface area contributed by atoms with Crippen LogP contribution in [0, 0.1) is 0 Å². The minimum Gasteiger partial charge on any atom is -0.496 e. The molecule has 0 saturated heterocycles. The first-order valence-corrected chi connectivity index (χ1v) is 5.62. The molecule has 18 heavy (non-hydrogen) atoms. The van der Waals surface area contributed by atoms with Gasteiger partial charge in [0.2, 0.25) is 11.7 Å². The summed E-state index contributed by atoms with van der Waals surface area (Å²) in [5.41, 5.74) is 8.52. The topological polar surface area (TPSA) is 83.4 Å². The Kier molecular flexibility index (Phi) is 2.73. The van der Waals surface area contributed by atoms with Crippen LogP contribution in [0.3, 0.4) is 0 Å².